The van der Waals surface area contributed by atoms with Crippen molar-refractivity contribution < 1.29 is 13.7 Å². The van der Waals surface area contributed by atoms with Crippen molar-refractivity contribution in [1.82, 2.24) is 10.1 Å². The number of anilines is 1. The molecule has 0 radical (unpaired) electrons. The van der Waals surface area contributed by atoms with Crippen LogP contribution in [0.15, 0.2) is 47.0 Å². The Labute approximate surface area is 167 Å². The van der Waals surface area contributed by atoms with E-state index in [1.165, 1.54) is 22.6 Å². The highest BCUT2D eigenvalue weighted by atomic mass is 35.5. The molecule has 2 heterocycles. The fourth-order valence-electron chi connectivity index (χ4n) is 3.34. The second kappa shape index (κ2) is 7.36. The smallest absolute Gasteiger partial charge is 0.232 e. The van der Waals surface area contributed by atoms with Gasteiger partial charge in [-0.05, 0) is 29.7 Å². The summed E-state index contributed by atoms with van der Waals surface area (Å²) in [6.07, 6.45) is 0.190. The average molecular weight is 400 g/mol. The molecule has 1 unspecified atom stereocenters. The van der Waals surface area contributed by atoms with E-state index in [1.807, 2.05) is 24.3 Å². The van der Waals surface area contributed by atoms with E-state index in [0.29, 0.717) is 17.6 Å². The molecule has 1 saturated heterocycles. The van der Waals surface area contributed by atoms with Gasteiger partial charge in [0, 0.05) is 23.6 Å². The van der Waals surface area contributed by atoms with Crippen LogP contribution < -0.4 is 4.90 Å². The highest BCUT2D eigenvalue weighted by Gasteiger charge is 2.36. The lowest BCUT2D eigenvalue weighted by Crippen LogP contribution is -2.25. The zero-order valence-corrected chi connectivity index (χ0v) is 16.3. The Hall–Kier alpha value is -2.73. The third kappa shape index (κ3) is 3.52. The Morgan fingerprint density at radius 3 is 2.64 bits per heavy atom. The van der Waals surface area contributed by atoms with E-state index in [0.717, 1.165) is 5.56 Å². The Morgan fingerprint density at radius 2 is 1.96 bits per heavy atom. The van der Waals surface area contributed by atoms with Crippen LogP contribution in [0.2, 0.25) is 5.02 Å². The van der Waals surface area contributed by atoms with Crippen LogP contribution in [0.4, 0.5) is 10.1 Å². The van der Waals surface area contributed by atoms with Crippen LogP contribution >= 0.6 is 11.6 Å². The zero-order chi connectivity index (χ0) is 19.8. The summed E-state index contributed by atoms with van der Waals surface area (Å²) in [5.74, 6) is 0.310. The molecule has 0 spiro atoms. The van der Waals surface area contributed by atoms with Gasteiger partial charge in [0.25, 0.3) is 0 Å². The Kier molecular flexibility index (Phi) is 4.89. The summed E-state index contributed by atoms with van der Waals surface area (Å²) in [6.45, 7) is 4.55. The molecule has 144 valence electrons. The number of carbonyl (C=O) groups is 1. The Morgan fingerprint density at radius 1 is 1.21 bits per heavy atom. The van der Waals surface area contributed by atoms with Crippen LogP contribution in [-0.4, -0.2) is 22.6 Å². The van der Waals surface area contributed by atoms with Crippen LogP contribution in [0, 0.1) is 5.82 Å². The lowest BCUT2D eigenvalue weighted by atomic mass is 10.0. The minimum atomic E-state index is -0.530. The fourth-order valence-corrected chi connectivity index (χ4v) is 3.50. The summed E-state index contributed by atoms with van der Waals surface area (Å²) in [6, 6.07) is 12.3. The number of carbonyl (C=O) groups excluding carboxylic acids is 1. The summed E-state index contributed by atoms with van der Waals surface area (Å²) in [4.78, 5) is 18.3. The Bertz CT molecular complexity index is 1020. The van der Waals surface area contributed by atoms with Gasteiger partial charge in [0.2, 0.25) is 17.6 Å². The van der Waals surface area contributed by atoms with Gasteiger partial charge in [0.15, 0.2) is 0 Å². The molecular weight excluding hydrogens is 381 g/mol. The molecule has 1 atom stereocenters. The van der Waals surface area contributed by atoms with Gasteiger partial charge in [-0.25, -0.2) is 4.39 Å². The van der Waals surface area contributed by atoms with E-state index in [-0.39, 0.29) is 35.5 Å². The highest BCUT2D eigenvalue weighted by Crippen LogP contribution is 2.34. The number of aromatic nitrogens is 2. The van der Waals surface area contributed by atoms with Crippen molar-refractivity contribution in [2.24, 2.45) is 0 Å². The van der Waals surface area contributed by atoms with Crippen molar-refractivity contribution in [1.29, 1.82) is 0 Å². The maximum absolute atomic E-state index is 14.2. The van der Waals surface area contributed by atoms with Crippen LogP contribution in [0.5, 0.6) is 0 Å². The lowest BCUT2D eigenvalue weighted by Gasteiger charge is -2.16. The zero-order valence-electron chi connectivity index (χ0n) is 15.5. The maximum atomic E-state index is 14.2. The molecular formula is C21H19ClFN3O2. The van der Waals surface area contributed by atoms with Crippen molar-refractivity contribution in [2.75, 3.05) is 11.4 Å². The molecule has 0 bridgehead atoms. The average Bonchev–Trinajstić information content (AvgIpc) is 3.29. The molecule has 3 aromatic rings. The molecule has 1 fully saturated rings. The summed E-state index contributed by atoms with van der Waals surface area (Å²) in [7, 11) is 0. The summed E-state index contributed by atoms with van der Waals surface area (Å²) in [5, 5.41) is 4.34. The van der Waals surface area contributed by atoms with Gasteiger partial charge in [-0.15, -0.1) is 0 Å². The maximum Gasteiger partial charge on any atom is 0.232 e. The van der Waals surface area contributed by atoms with E-state index >= 15 is 0 Å². The topological polar surface area (TPSA) is 59.2 Å². The molecule has 2 aromatic carbocycles. The summed E-state index contributed by atoms with van der Waals surface area (Å²) in [5.41, 5.74) is 2.29. The molecule has 7 heteroatoms. The first-order valence-electron chi connectivity index (χ1n) is 9.11. The number of hydrogen-bond donors (Lipinski definition) is 0. The Balaban J connectivity index is 1.54. The van der Waals surface area contributed by atoms with Crippen LogP contribution in [-0.2, 0) is 4.79 Å². The minimum Gasteiger partial charge on any atom is -0.339 e. The summed E-state index contributed by atoms with van der Waals surface area (Å²) >= 11 is 5.80. The number of benzene rings is 2. The second-order valence-electron chi connectivity index (χ2n) is 7.23. The normalized spacial score (nSPS) is 17.0. The molecule has 0 saturated carbocycles. The number of halogens is 2. The van der Waals surface area contributed by atoms with Crippen molar-refractivity contribution in [3.63, 3.8) is 0 Å². The van der Waals surface area contributed by atoms with Crippen molar-refractivity contribution >= 4 is 23.2 Å². The molecule has 1 aromatic heterocycles. The third-order valence-electron chi connectivity index (χ3n) is 4.95. The first-order valence-corrected chi connectivity index (χ1v) is 9.49. The van der Waals surface area contributed by atoms with Crippen LogP contribution in [0.3, 0.4) is 0 Å². The number of amides is 1. The molecule has 1 aliphatic rings. The largest absolute Gasteiger partial charge is 0.339 e. The number of hydrogen-bond acceptors (Lipinski definition) is 4. The van der Waals surface area contributed by atoms with Crippen molar-refractivity contribution in [3.8, 4) is 11.4 Å². The van der Waals surface area contributed by atoms with E-state index in [1.54, 1.807) is 6.07 Å². The molecule has 0 N–H and O–H groups in total. The monoisotopic (exact) mass is 399 g/mol. The highest BCUT2D eigenvalue weighted by molar-refractivity contribution is 6.30. The molecule has 1 aliphatic heterocycles. The van der Waals surface area contributed by atoms with Gasteiger partial charge in [-0.1, -0.05) is 54.9 Å². The van der Waals surface area contributed by atoms with Gasteiger partial charge in [0.05, 0.1) is 11.6 Å². The first-order chi connectivity index (χ1) is 13.4. The molecule has 28 heavy (non-hydrogen) atoms. The van der Waals surface area contributed by atoms with Gasteiger partial charge in [-0.3, -0.25) is 4.79 Å². The minimum absolute atomic E-state index is 0.188. The first kappa shape index (κ1) is 18.6. The van der Waals surface area contributed by atoms with Crippen LogP contribution in [0.1, 0.15) is 43.6 Å². The van der Waals surface area contributed by atoms with Gasteiger partial charge in [-0.2, -0.15) is 4.98 Å². The van der Waals surface area contributed by atoms with Gasteiger partial charge in [0.1, 0.15) is 5.82 Å². The van der Waals surface area contributed by atoms with Gasteiger partial charge >= 0.3 is 0 Å². The van der Waals surface area contributed by atoms with E-state index in [4.69, 9.17) is 16.1 Å². The quantitative estimate of drug-likeness (QED) is 0.607. The number of nitrogens with zero attached hydrogens (tertiary/aromatic N) is 3. The van der Waals surface area contributed by atoms with E-state index in [2.05, 4.69) is 24.0 Å². The predicted molar refractivity (Wildman–Crippen MR) is 105 cm³/mol. The van der Waals surface area contributed by atoms with Gasteiger partial charge < -0.3 is 9.42 Å². The van der Waals surface area contributed by atoms with Crippen LogP contribution in [0.25, 0.3) is 11.4 Å². The second-order valence-corrected chi connectivity index (χ2v) is 7.67. The molecule has 1 amide bonds. The summed E-state index contributed by atoms with van der Waals surface area (Å²) < 4.78 is 19.6. The van der Waals surface area contributed by atoms with E-state index in [9.17, 15) is 9.18 Å². The van der Waals surface area contributed by atoms with Crippen molar-refractivity contribution in [3.05, 3.63) is 64.8 Å². The number of rotatable bonds is 4. The standard InChI is InChI=1S/C21H19ClFN3O2/c1-12(2)13-3-5-14(6-4-13)20-24-21(28-25-20)15-9-19(27)26(11-15)18-8-7-16(22)10-17(18)23/h3-8,10,12,15H,9,11H2,1-2H3. The lowest BCUT2D eigenvalue weighted by molar-refractivity contribution is -0.117. The third-order valence-corrected chi connectivity index (χ3v) is 5.19. The fraction of sp³-hybridized carbons (Fsp3) is 0.286. The van der Waals surface area contributed by atoms with Crippen molar-refractivity contribution in [2.45, 2.75) is 32.1 Å². The van der Waals surface area contributed by atoms with E-state index < -0.39 is 5.82 Å². The molecule has 4 rings (SSSR count). The molecule has 5 nitrogen and oxygen atoms in total. The SMILES string of the molecule is CC(C)c1ccc(-c2noc(C3CC(=O)N(c4ccc(Cl)cc4F)C3)n2)cc1. The molecule has 0 aliphatic carbocycles. The predicted octanol–water partition coefficient (Wildman–Crippen LogP) is 5.17.